The fraction of sp³-hybridized carbons (Fsp3) is 0.211. The van der Waals surface area contributed by atoms with Crippen LogP contribution in [0.5, 0.6) is 0 Å². The number of hydrogen-bond acceptors (Lipinski definition) is 3. The number of fused-ring (bicyclic) bond motifs is 1. The maximum atomic E-state index is 13.5. The Balaban J connectivity index is 1.60. The number of carbonyl (C=O) groups excluding carboxylic acids is 3. The Morgan fingerprint density at radius 1 is 1.19 bits per heavy atom. The van der Waals surface area contributed by atoms with Gasteiger partial charge < -0.3 is 16.0 Å². The second-order valence-corrected chi connectivity index (χ2v) is 6.11. The molecule has 1 aliphatic rings. The van der Waals surface area contributed by atoms with Gasteiger partial charge in [0, 0.05) is 12.1 Å². The number of benzene rings is 2. The molecule has 1 aliphatic heterocycles. The average Bonchev–Trinajstić information content (AvgIpc) is 2.73. The molecule has 0 radical (unpaired) electrons. The summed E-state index contributed by atoms with van der Waals surface area (Å²) in [4.78, 5) is 36.6. The summed E-state index contributed by atoms with van der Waals surface area (Å²) in [5, 5.41) is 7.90. The molecule has 3 rings (SSSR count). The Bertz CT molecular complexity index is 882. The first-order valence-electron chi connectivity index (χ1n) is 8.21. The quantitative estimate of drug-likeness (QED) is 0.788. The van der Waals surface area contributed by atoms with E-state index >= 15 is 0 Å². The highest BCUT2D eigenvalue weighted by molar-refractivity contribution is 6.09. The van der Waals surface area contributed by atoms with E-state index in [1.165, 1.54) is 6.07 Å². The molecule has 0 spiro atoms. The van der Waals surface area contributed by atoms with Crippen LogP contribution < -0.4 is 16.0 Å². The van der Waals surface area contributed by atoms with Crippen LogP contribution in [0.25, 0.3) is 0 Å². The first-order valence-corrected chi connectivity index (χ1v) is 8.21. The Hall–Kier alpha value is -3.22. The van der Waals surface area contributed by atoms with Crippen LogP contribution in [0.3, 0.4) is 0 Å². The lowest BCUT2D eigenvalue weighted by Gasteiger charge is -2.14. The Kier molecular flexibility index (Phi) is 4.97. The predicted octanol–water partition coefficient (Wildman–Crippen LogP) is 2.60. The second-order valence-electron chi connectivity index (χ2n) is 6.11. The fourth-order valence-electron chi connectivity index (χ4n) is 2.68. The summed E-state index contributed by atoms with van der Waals surface area (Å²) in [6.07, 6.45) is 0.135. The van der Waals surface area contributed by atoms with Crippen LogP contribution in [0.15, 0.2) is 42.5 Å². The molecular weight excluding hydrogens is 337 g/mol. The molecule has 0 saturated heterocycles. The highest BCUT2D eigenvalue weighted by Gasteiger charge is 2.27. The number of halogens is 1. The van der Waals surface area contributed by atoms with E-state index in [2.05, 4.69) is 16.0 Å². The number of amides is 3. The molecule has 3 amide bonds. The minimum Gasteiger partial charge on any atom is -0.340 e. The highest BCUT2D eigenvalue weighted by atomic mass is 19.1. The monoisotopic (exact) mass is 355 g/mol. The van der Waals surface area contributed by atoms with Crippen LogP contribution in [0.2, 0.25) is 0 Å². The summed E-state index contributed by atoms with van der Waals surface area (Å²) in [5.41, 5.74) is 1.65. The first-order chi connectivity index (χ1) is 12.4. The average molecular weight is 355 g/mol. The number of nitrogens with one attached hydrogen (secondary N) is 3. The van der Waals surface area contributed by atoms with Crippen molar-refractivity contribution < 1.29 is 18.8 Å². The number of hydrogen-bond donors (Lipinski definition) is 3. The van der Waals surface area contributed by atoms with Crippen molar-refractivity contribution in [2.75, 3.05) is 10.6 Å². The molecule has 1 heterocycles. The van der Waals surface area contributed by atoms with Gasteiger partial charge in [-0.3, -0.25) is 14.4 Å². The van der Waals surface area contributed by atoms with Gasteiger partial charge in [-0.1, -0.05) is 18.2 Å². The summed E-state index contributed by atoms with van der Waals surface area (Å²) >= 11 is 0. The molecule has 0 aliphatic carbocycles. The summed E-state index contributed by atoms with van der Waals surface area (Å²) in [5.74, 6) is -1.52. The van der Waals surface area contributed by atoms with Gasteiger partial charge in [0.05, 0.1) is 11.3 Å². The zero-order valence-electron chi connectivity index (χ0n) is 14.1. The highest BCUT2D eigenvalue weighted by Crippen LogP contribution is 2.19. The summed E-state index contributed by atoms with van der Waals surface area (Å²) in [6, 6.07) is 10.3. The number of aryl methyl sites for hydroxylation is 1. The Morgan fingerprint density at radius 3 is 2.73 bits per heavy atom. The van der Waals surface area contributed by atoms with E-state index in [-0.39, 0.29) is 30.6 Å². The molecule has 0 saturated carbocycles. The van der Waals surface area contributed by atoms with Crippen molar-refractivity contribution in [3.8, 4) is 0 Å². The Labute approximate surface area is 149 Å². The third kappa shape index (κ3) is 3.88. The molecule has 2 aromatic rings. The van der Waals surface area contributed by atoms with Gasteiger partial charge in [-0.05, 0) is 43.2 Å². The molecule has 1 atom stereocenters. The van der Waals surface area contributed by atoms with Crippen molar-refractivity contribution in [2.24, 2.45) is 0 Å². The topological polar surface area (TPSA) is 87.3 Å². The van der Waals surface area contributed by atoms with Crippen molar-refractivity contribution in [1.82, 2.24) is 5.32 Å². The minimum absolute atomic E-state index is 0.00417. The van der Waals surface area contributed by atoms with Crippen LogP contribution in [-0.2, 0) is 9.59 Å². The standard InChI is InChI=1S/C19H18FN3O3/c1-11-6-7-12(10-14(11)20)21-17(24)9-8-16-19(26)22-15-5-3-2-4-13(15)18(25)23-16/h2-7,10,16H,8-9H2,1H3,(H,21,24)(H,22,26)(H,23,25). The smallest absolute Gasteiger partial charge is 0.254 e. The number of carbonyl (C=O) groups is 3. The number of anilines is 2. The first kappa shape index (κ1) is 17.6. The molecule has 0 fully saturated rings. The van der Waals surface area contributed by atoms with Crippen molar-refractivity contribution in [1.29, 1.82) is 0 Å². The second kappa shape index (κ2) is 7.35. The van der Waals surface area contributed by atoms with E-state index in [0.29, 0.717) is 22.5 Å². The van der Waals surface area contributed by atoms with Gasteiger partial charge in [0.2, 0.25) is 11.8 Å². The van der Waals surface area contributed by atoms with Crippen molar-refractivity contribution in [2.45, 2.75) is 25.8 Å². The summed E-state index contributed by atoms with van der Waals surface area (Å²) in [7, 11) is 0. The van der Waals surface area contributed by atoms with E-state index in [4.69, 9.17) is 0 Å². The van der Waals surface area contributed by atoms with E-state index < -0.39 is 11.9 Å². The van der Waals surface area contributed by atoms with Crippen LogP contribution >= 0.6 is 0 Å². The van der Waals surface area contributed by atoms with Crippen LogP contribution in [0.4, 0.5) is 15.8 Å². The van der Waals surface area contributed by atoms with Gasteiger partial charge in [0.15, 0.2) is 0 Å². The molecule has 134 valence electrons. The summed E-state index contributed by atoms with van der Waals surface area (Å²) in [6.45, 7) is 1.63. The molecule has 26 heavy (non-hydrogen) atoms. The van der Waals surface area contributed by atoms with Crippen LogP contribution in [0.1, 0.15) is 28.8 Å². The molecule has 1 unspecified atom stereocenters. The minimum atomic E-state index is -0.824. The Morgan fingerprint density at radius 2 is 1.96 bits per heavy atom. The number of rotatable bonds is 4. The maximum Gasteiger partial charge on any atom is 0.254 e. The molecule has 2 aromatic carbocycles. The van der Waals surface area contributed by atoms with E-state index in [1.54, 1.807) is 43.3 Å². The molecule has 3 N–H and O–H groups in total. The van der Waals surface area contributed by atoms with Crippen molar-refractivity contribution in [3.05, 3.63) is 59.4 Å². The molecule has 6 nitrogen and oxygen atoms in total. The van der Waals surface area contributed by atoms with Crippen molar-refractivity contribution >= 4 is 29.1 Å². The zero-order valence-corrected chi connectivity index (χ0v) is 14.1. The summed E-state index contributed by atoms with van der Waals surface area (Å²) < 4.78 is 13.5. The third-order valence-corrected chi connectivity index (χ3v) is 4.17. The fourth-order valence-corrected chi connectivity index (χ4v) is 2.68. The lowest BCUT2D eigenvalue weighted by molar-refractivity contribution is -0.118. The predicted molar refractivity (Wildman–Crippen MR) is 95.3 cm³/mol. The number of para-hydroxylation sites is 1. The molecule has 0 aromatic heterocycles. The van der Waals surface area contributed by atoms with Gasteiger partial charge >= 0.3 is 0 Å². The maximum absolute atomic E-state index is 13.5. The van der Waals surface area contributed by atoms with E-state index in [9.17, 15) is 18.8 Å². The zero-order chi connectivity index (χ0) is 18.7. The largest absolute Gasteiger partial charge is 0.340 e. The van der Waals surface area contributed by atoms with Crippen LogP contribution in [0, 0.1) is 12.7 Å². The SMILES string of the molecule is Cc1ccc(NC(=O)CCC2NC(=O)c3ccccc3NC2=O)cc1F. The van der Waals surface area contributed by atoms with Gasteiger partial charge in [0.1, 0.15) is 11.9 Å². The van der Waals surface area contributed by atoms with Gasteiger partial charge in [-0.25, -0.2) is 4.39 Å². The normalized spacial score (nSPS) is 16.2. The van der Waals surface area contributed by atoms with E-state index in [1.807, 2.05) is 0 Å². The molecular formula is C19H18FN3O3. The lowest BCUT2D eigenvalue weighted by atomic mass is 10.1. The third-order valence-electron chi connectivity index (χ3n) is 4.17. The van der Waals surface area contributed by atoms with E-state index in [0.717, 1.165) is 0 Å². The van der Waals surface area contributed by atoms with Gasteiger partial charge in [-0.2, -0.15) is 0 Å². The lowest BCUT2D eigenvalue weighted by Crippen LogP contribution is -2.41. The van der Waals surface area contributed by atoms with Crippen molar-refractivity contribution in [3.63, 3.8) is 0 Å². The van der Waals surface area contributed by atoms with Gasteiger partial charge in [0.25, 0.3) is 5.91 Å². The van der Waals surface area contributed by atoms with Gasteiger partial charge in [-0.15, -0.1) is 0 Å². The molecule has 0 bridgehead atoms. The van der Waals surface area contributed by atoms with Crippen LogP contribution in [-0.4, -0.2) is 23.8 Å². The molecule has 7 heteroatoms.